The van der Waals surface area contributed by atoms with E-state index in [0.717, 1.165) is 6.42 Å². The van der Waals surface area contributed by atoms with E-state index in [9.17, 15) is 9.59 Å². The molecule has 0 radical (unpaired) electrons. The Kier molecular flexibility index (Phi) is 4.99. The minimum atomic E-state index is -0.876. The minimum absolute atomic E-state index is 0.178. The van der Waals surface area contributed by atoms with E-state index < -0.39 is 11.9 Å². The van der Waals surface area contributed by atoms with Crippen molar-refractivity contribution in [2.24, 2.45) is 11.3 Å². The highest BCUT2D eigenvalue weighted by atomic mass is 16.4. The predicted octanol–water partition coefficient (Wildman–Crippen LogP) is 1.93. The van der Waals surface area contributed by atoms with Crippen LogP contribution >= 0.6 is 0 Å². The third-order valence-electron chi connectivity index (χ3n) is 4.09. The molecule has 0 bridgehead atoms. The standard InChI is InChI=1S/C13H24N2O3/c1-4-13(6-5-7-13)9-14-12(18)15(3)8-10(2)11(16)17/h10H,4-9H2,1-3H3,(H,14,18)(H,16,17). The highest BCUT2D eigenvalue weighted by Crippen LogP contribution is 2.43. The number of aliphatic carboxylic acids is 1. The fourth-order valence-corrected chi connectivity index (χ4v) is 2.30. The van der Waals surface area contributed by atoms with E-state index in [0.29, 0.717) is 6.54 Å². The van der Waals surface area contributed by atoms with Crippen LogP contribution in [0.1, 0.15) is 39.5 Å². The van der Waals surface area contributed by atoms with Gasteiger partial charge in [-0.1, -0.05) is 20.3 Å². The predicted molar refractivity (Wildman–Crippen MR) is 69.4 cm³/mol. The molecule has 0 heterocycles. The molecule has 104 valence electrons. The van der Waals surface area contributed by atoms with Crippen LogP contribution < -0.4 is 5.32 Å². The molecule has 2 amide bonds. The van der Waals surface area contributed by atoms with Crippen LogP contribution in [0.3, 0.4) is 0 Å². The molecular weight excluding hydrogens is 232 g/mol. The lowest BCUT2D eigenvalue weighted by Gasteiger charge is -2.41. The molecule has 0 spiro atoms. The van der Waals surface area contributed by atoms with E-state index >= 15 is 0 Å². The number of nitrogens with one attached hydrogen (secondary N) is 1. The Morgan fingerprint density at radius 2 is 2.06 bits per heavy atom. The number of carboxylic acid groups (broad SMARTS) is 1. The van der Waals surface area contributed by atoms with E-state index in [1.165, 1.54) is 24.2 Å². The zero-order chi connectivity index (χ0) is 13.8. The SMILES string of the molecule is CCC1(CNC(=O)N(C)CC(C)C(=O)O)CCC1. The van der Waals surface area contributed by atoms with Crippen molar-refractivity contribution in [2.45, 2.75) is 39.5 Å². The highest BCUT2D eigenvalue weighted by molar-refractivity contribution is 5.75. The number of carbonyl (C=O) groups is 2. The van der Waals surface area contributed by atoms with Gasteiger partial charge in [0.1, 0.15) is 0 Å². The largest absolute Gasteiger partial charge is 0.481 e. The first-order valence-electron chi connectivity index (χ1n) is 6.62. The molecule has 1 unspecified atom stereocenters. The van der Waals surface area contributed by atoms with Crippen LogP contribution in [0, 0.1) is 11.3 Å². The summed E-state index contributed by atoms with van der Waals surface area (Å²) in [6.45, 7) is 4.70. The molecule has 0 aromatic heterocycles. The quantitative estimate of drug-likeness (QED) is 0.763. The van der Waals surface area contributed by atoms with Crippen molar-refractivity contribution in [2.75, 3.05) is 20.1 Å². The Hall–Kier alpha value is -1.26. The molecule has 1 fully saturated rings. The molecule has 1 atom stereocenters. The average Bonchev–Trinajstić information content (AvgIpc) is 2.27. The van der Waals surface area contributed by atoms with Gasteiger partial charge in [0.05, 0.1) is 5.92 Å². The topological polar surface area (TPSA) is 69.6 Å². The number of rotatable bonds is 6. The molecule has 0 aromatic rings. The van der Waals surface area contributed by atoms with E-state index in [2.05, 4.69) is 12.2 Å². The number of urea groups is 1. The molecule has 18 heavy (non-hydrogen) atoms. The molecular formula is C13H24N2O3. The molecule has 0 aliphatic heterocycles. The summed E-state index contributed by atoms with van der Waals surface area (Å²) in [6.07, 6.45) is 4.69. The molecule has 1 aliphatic rings. The van der Waals surface area contributed by atoms with Crippen LogP contribution in [0.2, 0.25) is 0 Å². The van der Waals surface area contributed by atoms with Gasteiger partial charge < -0.3 is 15.3 Å². The minimum Gasteiger partial charge on any atom is -0.481 e. The first-order valence-corrected chi connectivity index (χ1v) is 6.62. The lowest BCUT2D eigenvalue weighted by molar-refractivity contribution is -0.141. The van der Waals surface area contributed by atoms with E-state index in [-0.39, 0.29) is 18.0 Å². The maximum absolute atomic E-state index is 11.8. The molecule has 1 aliphatic carbocycles. The first kappa shape index (κ1) is 14.8. The van der Waals surface area contributed by atoms with Crippen molar-refractivity contribution in [3.8, 4) is 0 Å². The summed E-state index contributed by atoms with van der Waals surface area (Å²) in [7, 11) is 1.63. The number of carboxylic acids is 1. The molecule has 2 N–H and O–H groups in total. The van der Waals surface area contributed by atoms with Crippen LogP contribution in [0.5, 0.6) is 0 Å². The second kappa shape index (κ2) is 6.07. The Balaban J connectivity index is 2.33. The zero-order valence-electron chi connectivity index (χ0n) is 11.5. The van der Waals surface area contributed by atoms with Crippen LogP contribution in [0.4, 0.5) is 4.79 Å². The lowest BCUT2D eigenvalue weighted by atomic mass is 9.67. The van der Waals surface area contributed by atoms with Gasteiger partial charge in [0, 0.05) is 20.1 Å². The summed E-state index contributed by atoms with van der Waals surface area (Å²) in [5.74, 6) is -1.41. The Labute approximate surface area is 109 Å². The van der Waals surface area contributed by atoms with Crippen molar-refractivity contribution >= 4 is 12.0 Å². The second-order valence-electron chi connectivity index (χ2n) is 5.49. The normalized spacial score (nSPS) is 18.6. The average molecular weight is 256 g/mol. The zero-order valence-corrected chi connectivity index (χ0v) is 11.5. The number of carbonyl (C=O) groups excluding carboxylic acids is 1. The number of hydrogen-bond donors (Lipinski definition) is 2. The van der Waals surface area contributed by atoms with Crippen molar-refractivity contribution in [1.29, 1.82) is 0 Å². The van der Waals surface area contributed by atoms with Crippen LogP contribution in [-0.2, 0) is 4.79 Å². The third kappa shape index (κ3) is 3.62. The third-order valence-corrected chi connectivity index (χ3v) is 4.09. The molecule has 0 aromatic carbocycles. The summed E-state index contributed by atoms with van der Waals surface area (Å²) in [5.41, 5.74) is 0.287. The summed E-state index contributed by atoms with van der Waals surface area (Å²) in [6, 6.07) is -0.178. The fourth-order valence-electron chi connectivity index (χ4n) is 2.30. The van der Waals surface area contributed by atoms with Crippen LogP contribution in [0.25, 0.3) is 0 Å². The molecule has 5 nitrogen and oxygen atoms in total. The maximum atomic E-state index is 11.8. The lowest BCUT2D eigenvalue weighted by Crippen LogP contribution is -2.47. The molecule has 0 saturated heterocycles. The van der Waals surface area contributed by atoms with Crippen LogP contribution in [-0.4, -0.2) is 42.1 Å². The second-order valence-corrected chi connectivity index (χ2v) is 5.49. The summed E-state index contributed by atoms with van der Waals surface area (Å²) < 4.78 is 0. The molecule has 1 rings (SSSR count). The van der Waals surface area contributed by atoms with Gasteiger partial charge in [0.2, 0.25) is 0 Å². The van der Waals surface area contributed by atoms with Crippen molar-refractivity contribution in [3.63, 3.8) is 0 Å². The van der Waals surface area contributed by atoms with E-state index in [1.54, 1.807) is 14.0 Å². The van der Waals surface area contributed by atoms with Gasteiger partial charge in [-0.25, -0.2) is 4.79 Å². The van der Waals surface area contributed by atoms with Crippen molar-refractivity contribution < 1.29 is 14.7 Å². The monoisotopic (exact) mass is 256 g/mol. The van der Waals surface area contributed by atoms with E-state index in [1.807, 2.05) is 0 Å². The van der Waals surface area contributed by atoms with Crippen molar-refractivity contribution in [3.05, 3.63) is 0 Å². The smallest absolute Gasteiger partial charge is 0.317 e. The van der Waals surface area contributed by atoms with Gasteiger partial charge in [-0.3, -0.25) is 4.79 Å². The number of amides is 2. The van der Waals surface area contributed by atoms with Gasteiger partial charge >= 0.3 is 12.0 Å². The van der Waals surface area contributed by atoms with Crippen LogP contribution in [0.15, 0.2) is 0 Å². The Morgan fingerprint density at radius 3 is 2.44 bits per heavy atom. The summed E-state index contributed by atoms with van der Waals surface area (Å²) >= 11 is 0. The number of hydrogen-bond acceptors (Lipinski definition) is 2. The van der Waals surface area contributed by atoms with E-state index in [4.69, 9.17) is 5.11 Å². The number of nitrogens with zero attached hydrogens (tertiary/aromatic N) is 1. The van der Waals surface area contributed by atoms with Gasteiger partial charge in [-0.05, 0) is 24.7 Å². The van der Waals surface area contributed by atoms with Gasteiger partial charge in [-0.15, -0.1) is 0 Å². The van der Waals surface area contributed by atoms with Gasteiger partial charge in [0.15, 0.2) is 0 Å². The highest BCUT2D eigenvalue weighted by Gasteiger charge is 2.35. The molecule has 1 saturated carbocycles. The summed E-state index contributed by atoms with van der Waals surface area (Å²) in [5, 5.41) is 11.7. The Bertz CT molecular complexity index is 308. The van der Waals surface area contributed by atoms with Gasteiger partial charge in [-0.2, -0.15) is 0 Å². The molecule has 5 heteroatoms. The fraction of sp³-hybridized carbons (Fsp3) is 0.846. The maximum Gasteiger partial charge on any atom is 0.317 e. The summed E-state index contributed by atoms with van der Waals surface area (Å²) in [4.78, 5) is 24.0. The first-order chi connectivity index (χ1) is 8.40. The Morgan fingerprint density at radius 1 is 1.44 bits per heavy atom. The van der Waals surface area contributed by atoms with Crippen molar-refractivity contribution in [1.82, 2.24) is 10.2 Å². The van der Waals surface area contributed by atoms with Gasteiger partial charge in [0.25, 0.3) is 0 Å².